The molecule has 5 heteroatoms. The van der Waals surface area contributed by atoms with Gasteiger partial charge in [0.25, 0.3) is 0 Å². The number of anilines is 1. The maximum atomic E-state index is 5.78. The van der Waals surface area contributed by atoms with Crippen molar-refractivity contribution in [2.24, 2.45) is 11.7 Å². The molecule has 1 fully saturated rings. The van der Waals surface area contributed by atoms with Gasteiger partial charge in [-0.25, -0.2) is 4.98 Å². The lowest BCUT2D eigenvalue weighted by Gasteiger charge is -2.32. The smallest absolute Gasteiger partial charge is 0.228 e. The Kier molecular flexibility index (Phi) is 4.96. The first-order valence-electron chi connectivity index (χ1n) is 7.16. The van der Waals surface area contributed by atoms with Gasteiger partial charge < -0.3 is 15.4 Å². The van der Waals surface area contributed by atoms with E-state index in [9.17, 15) is 0 Å². The summed E-state index contributed by atoms with van der Waals surface area (Å²) in [5.74, 6) is 2.02. The van der Waals surface area contributed by atoms with Crippen LogP contribution in [0.3, 0.4) is 0 Å². The van der Waals surface area contributed by atoms with Crippen LogP contribution in [0.4, 0.5) is 5.95 Å². The van der Waals surface area contributed by atoms with Gasteiger partial charge in [0.15, 0.2) is 0 Å². The maximum absolute atomic E-state index is 5.78. The zero-order valence-electron chi connectivity index (χ0n) is 11.9. The lowest BCUT2D eigenvalue weighted by molar-refractivity contribution is 0.304. The molecule has 1 aliphatic rings. The minimum atomic E-state index is 0.554. The number of hydrogen-bond donors (Lipinski definition) is 1. The van der Waals surface area contributed by atoms with E-state index >= 15 is 0 Å². The molecule has 0 radical (unpaired) electrons. The molecule has 0 aliphatic carbocycles. The number of nitrogens with zero attached hydrogens (tertiary/aromatic N) is 3. The van der Waals surface area contributed by atoms with Crippen LogP contribution in [0.15, 0.2) is 6.07 Å². The van der Waals surface area contributed by atoms with E-state index in [-0.39, 0.29) is 0 Å². The van der Waals surface area contributed by atoms with E-state index in [1.54, 1.807) is 0 Å². The third-order valence-corrected chi connectivity index (χ3v) is 3.41. The SMILES string of the molecule is CCCOc1cc(C)nc(N2CCCC(CN)C2)n1. The Balaban J connectivity index is 2.11. The topological polar surface area (TPSA) is 64.3 Å². The number of aryl methyl sites for hydroxylation is 1. The fourth-order valence-electron chi connectivity index (χ4n) is 2.39. The average molecular weight is 264 g/mol. The van der Waals surface area contributed by atoms with E-state index in [2.05, 4.69) is 21.8 Å². The van der Waals surface area contributed by atoms with Crippen molar-refractivity contribution < 1.29 is 4.74 Å². The second-order valence-corrected chi connectivity index (χ2v) is 5.19. The predicted molar refractivity (Wildman–Crippen MR) is 76.5 cm³/mol. The number of aromatic nitrogens is 2. The van der Waals surface area contributed by atoms with Gasteiger partial charge in [-0.3, -0.25) is 0 Å². The van der Waals surface area contributed by atoms with Crippen LogP contribution in [0, 0.1) is 12.8 Å². The highest BCUT2D eigenvalue weighted by Gasteiger charge is 2.21. The largest absolute Gasteiger partial charge is 0.478 e. The van der Waals surface area contributed by atoms with Gasteiger partial charge in [0.05, 0.1) is 6.61 Å². The molecule has 106 valence electrons. The van der Waals surface area contributed by atoms with Crippen LogP contribution >= 0.6 is 0 Å². The Bertz CT molecular complexity index is 410. The summed E-state index contributed by atoms with van der Waals surface area (Å²) in [6.45, 7) is 7.46. The summed E-state index contributed by atoms with van der Waals surface area (Å²) in [5.41, 5.74) is 6.73. The molecule has 1 saturated heterocycles. The van der Waals surface area contributed by atoms with Crippen LogP contribution in [-0.4, -0.2) is 36.2 Å². The molecule has 5 nitrogen and oxygen atoms in total. The number of rotatable bonds is 5. The summed E-state index contributed by atoms with van der Waals surface area (Å²) in [5, 5.41) is 0. The molecular weight excluding hydrogens is 240 g/mol. The molecule has 1 aromatic heterocycles. The molecule has 19 heavy (non-hydrogen) atoms. The molecule has 2 heterocycles. The highest BCUT2D eigenvalue weighted by atomic mass is 16.5. The molecule has 2 rings (SSSR count). The summed E-state index contributed by atoms with van der Waals surface area (Å²) >= 11 is 0. The van der Waals surface area contributed by atoms with Gasteiger partial charge in [0.1, 0.15) is 0 Å². The molecule has 0 amide bonds. The van der Waals surface area contributed by atoms with Crippen LogP contribution < -0.4 is 15.4 Å². The summed E-state index contributed by atoms with van der Waals surface area (Å²) in [6.07, 6.45) is 3.35. The molecule has 1 aromatic rings. The van der Waals surface area contributed by atoms with E-state index in [1.165, 1.54) is 6.42 Å². The highest BCUT2D eigenvalue weighted by Crippen LogP contribution is 2.22. The van der Waals surface area contributed by atoms with Crippen LogP contribution in [-0.2, 0) is 0 Å². The van der Waals surface area contributed by atoms with E-state index in [0.717, 1.165) is 44.1 Å². The minimum absolute atomic E-state index is 0.554. The Morgan fingerprint density at radius 1 is 1.47 bits per heavy atom. The lowest BCUT2D eigenvalue weighted by atomic mass is 9.99. The van der Waals surface area contributed by atoms with Gasteiger partial charge in [0.2, 0.25) is 11.8 Å². The van der Waals surface area contributed by atoms with Crippen LogP contribution in [0.25, 0.3) is 0 Å². The van der Waals surface area contributed by atoms with Gasteiger partial charge in [-0.2, -0.15) is 4.98 Å². The number of ether oxygens (including phenoxy) is 1. The van der Waals surface area contributed by atoms with Crippen molar-refractivity contribution >= 4 is 5.95 Å². The van der Waals surface area contributed by atoms with E-state index in [4.69, 9.17) is 10.5 Å². The average Bonchev–Trinajstić information content (AvgIpc) is 2.44. The Morgan fingerprint density at radius 2 is 2.32 bits per heavy atom. The van der Waals surface area contributed by atoms with Crippen LogP contribution in [0.1, 0.15) is 31.9 Å². The Labute approximate surface area is 115 Å². The third kappa shape index (κ3) is 3.80. The first-order chi connectivity index (χ1) is 9.22. The molecule has 0 bridgehead atoms. The fraction of sp³-hybridized carbons (Fsp3) is 0.714. The second kappa shape index (κ2) is 6.70. The molecule has 1 unspecified atom stereocenters. The number of piperidine rings is 1. The predicted octanol–water partition coefficient (Wildman–Crippen LogP) is 1.75. The van der Waals surface area contributed by atoms with Crippen molar-refractivity contribution in [1.29, 1.82) is 0 Å². The van der Waals surface area contributed by atoms with Gasteiger partial charge >= 0.3 is 0 Å². The highest BCUT2D eigenvalue weighted by molar-refractivity contribution is 5.35. The molecular formula is C14H24N4O. The monoisotopic (exact) mass is 264 g/mol. The Morgan fingerprint density at radius 3 is 3.05 bits per heavy atom. The number of hydrogen-bond acceptors (Lipinski definition) is 5. The van der Waals surface area contributed by atoms with Crippen LogP contribution in [0.5, 0.6) is 5.88 Å². The molecule has 2 N–H and O–H groups in total. The van der Waals surface area contributed by atoms with Gasteiger partial charge in [0, 0.05) is 24.8 Å². The van der Waals surface area contributed by atoms with Crippen molar-refractivity contribution in [3.63, 3.8) is 0 Å². The summed E-state index contributed by atoms with van der Waals surface area (Å²) < 4.78 is 5.62. The first-order valence-corrected chi connectivity index (χ1v) is 7.16. The van der Waals surface area contributed by atoms with Crippen molar-refractivity contribution in [3.8, 4) is 5.88 Å². The fourth-order valence-corrected chi connectivity index (χ4v) is 2.39. The zero-order chi connectivity index (χ0) is 13.7. The van der Waals surface area contributed by atoms with Gasteiger partial charge in [-0.1, -0.05) is 6.92 Å². The lowest BCUT2D eigenvalue weighted by Crippen LogP contribution is -2.39. The van der Waals surface area contributed by atoms with Crippen LogP contribution in [0.2, 0.25) is 0 Å². The number of nitrogens with two attached hydrogens (primary N) is 1. The molecule has 1 aliphatic heterocycles. The third-order valence-electron chi connectivity index (χ3n) is 3.41. The maximum Gasteiger partial charge on any atom is 0.228 e. The standard InChI is InChI=1S/C14H24N4O/c1-3-7-19-13-8-11(2)16-14(17-13)18-6-4-5-12(9-15)10-18/h8,12H,3-7,9-10,15H2,1-2H3. The summed E-state index contributed by atoms with van der Waals surface area (Å²) in [4.78, 5) is 11.3. The second-order valence-electron chi connectivity index (χ2n) is 5.19. The van der Waals surface area contributed by atoms with Crippen molar-refractivity contribution in [2.45, 2.75) is 33.1 Å². The Hall–Kier alpha value is -1.36. The molecule has 0 spiro atoms. The van der Waals surface area contributed by atoms with E-state index in [1.807, 2.05) is 13.0 Å². The van der Waals surface area contributed by atoms with E-state index < -0.39 is 0 Å². The van der Waals surface area contributed by atoms with Gasteiger partial charge in [-0.05, 0) is 38.6 Å². The summed E-state index contributed by atoms with van der Waals surface area (Å²) in [7, 11) is 0. The van der Waals surface area contributed by atoms with Gasteiger partial charge in [-0.15, -0.1) is 0 Å². The van der Waals surface area contributed by atoms with E-state index in [0.29, 0.717) is 18.4 Å². The van der Waals surface area contributed by atoms with Crippen molar-refractivity contribution in [3.05, 3.63) is 11.8 Å². The minimum Gasteiger partial charge on any atom is -0.478 e. The van der Waals surface area contributed by atoms with Crippen molar-refractivity contribution in [1.82, 2.24) is 9.97 Å². The molecule has 1 atom stereocenters. The first kappa shape index (κ1) is 14.1. The summed E-state index contributed by atoms with van der Waals surface area (Å²) in [6, 6.07) is 1.89. The molecule has 0 aromatic carbocycles. The molecule has 0 saturated carbocycles. The van der Waals surface area contributed by atoms with Crippen molar-refractivity contribution in [2.75, 3.05) is 31.1 Å². The quantitative estimate of drug-likeness (QED) is 0.877. The zero-order valence-corrected chi connectivity index (χ0v) is 11.9. The normalized spacial score (nSPS) is 19.5.